The molecule has 1 aromatic carbocycles. The van der Waals surface area contributed by atoms with Crippen molar-refractivity contribution < 1.29 is 4.79 Å². The molecule has 0 spiro atoms. The van der Waals surface area contributed by atoms with Gasteiger partial charge in [0.25, 0.3) is 0 Å². The molecule has 2 rings (SSSR count). The Labute approximate surface area is 121 Å². The Balaban J connectivity index is 2.31. The van der Waals surface area contributed by atoms with E-state index in [1.54, 1.807) is 0 Å². The van der Waals surface area contributed by atoms with Gasteiger partial charge in [-0.1, -0.05) is 0 Å². The summed E-state index contributed by atoms with van der Waals surface area (Å²) in [6.07, 6.45) is 1.75. The molecule has 0 unspecified atom stereocenters. The average Bonchev–Trinajstić information content (AvgIpc) is 2.24. The summed E-state index contributed by atoms with van der Waals surface area (Å²) < 4.78 is 3.71. The first-order valence-electron chi connectivity index (χ1n) is 5.63. The van der Waals surface area contributed by atoms with Crippen molar-refractivity contribution in [2.45, 2.75) is 26.7 Å². The minimum atomic E-state index is -0.303. The second-order valence-corrected chi connectivity index (χ2v) is 9.09. The molecule has 1 fully saturated rings. The zero-order valence-corrected chi connectivity index (χ0v) is 14.1. The van der Waals surface area contributed by atoms with Crippen molar-refractivity contribution in [2.75, 3.05) is 0 Å². The van der Waals surface area contributed by atoms with Gasteiger partial charge in [-0.3, -0.25) is 0 Å². The van der Waals surface area contributed by atoms with Crippen molar-refractivity contribution in [3.8, 4) is 0 Å². The van der Waals surface area contributed by atoms with E-state index in [1.165, 1.54) is 7.87 Å². The Morgan fingerprint density at radius 2 is 1.82 bits per heavy atom. The van der Waals surface area contributed by atoms with Crippen molar-refractivity contribution in [3.63, 3.8) is 0 Å². The zero-order valence-electron chi connectivity index (χ0n) is 10.0. The fourth-order valence-electron chi connectivity index (χ4n) is 1.96. The third-order valence-electron chi connectivity index (χ3n) is 2.72. The van der Waals surface area contributed by atoms with Gasteiger partial charge in [-0.25, -0.2) is 0 Å². The van der Waals surface area contributed by atoms with Gasteiger partial charge < -0.3 is 0 Å². The monoisotopic (exact) mass is 401 g/mol. The molecule has 0 bridgehead atoms. The fourth-order valence-corrected chi connectivity index (χ4v) is 6.11. The van der Waals surface area contributed by atoms with Crippen LogP contribution in [0.1, 0.15) is 26.7 Å². The van der Waals surface area contributed by atoms with E-state index in [0.29, 0.717) is 12.2 Å². The van der Waals surface area contributed by atoms with Gasteiger partial charge in [0, 0.05) is 0 Å². The molecule has 0 aliphatic heterocycles. The van der Waals surface area contributed by atoms with Crippen molar-refractivity contribution in [1.29, 1.82) is 0 Å². The number of carbonyl (C=O) groups excluding carboxylic acids is 1. The van der Waals surface area contributed by atoms with Crippen LogP contribution < -0.4 is 0 Å². The number of carbonyl (C=O) groups is 1. The Hall–Kier alpha value is -0.0816. The maximum absolute atomic E-state index is 12.2. The van der Waals surface area contributed by atoms with Crippen molar-refractivity contribution in [1.82, 2.24) is 0 Å². The normalized spacial score (nSPS) is 22.4. The number of hydrogen-bond donors (Lipinski definition) is 0. The quantitative estimate of drug-likeness (QED) is 0.523. The predicted molar refractivity (Wildman–Crippen MR) is 82.9 cm³/mol. The van der Waals surface area contributed by atoms with Crippen molar-refractivity contribution >= 4 is 50.7 Å². The van der Waals surface area contributed by atoms with Crippen LogP contribution in [0.25, 0.3) is 0 Å². The average molecular weight is 401 g/mol. The molecule has 1 aliphatic carbocycles. The van der Waals surface area contributed by atoms with Gasteiger partial charge in [0.05, 0.1) is 0 Å². The molecule has 0 amide bonds. The number of rotatable bonds is 1. The summed E-state index contributed by atoms with van der Waals surface area (Å²) in [6, 6.07) is 10.4. The molecule has 3 heteroatoms. The van der Waals surface area contributed by atoms with Crippen LogP contribution >= 0.6 is 20.7 Å². The predicted octanol–water partition coefficient (Wildman–Crippen LogP) is 2.73. The van der Waals surface area contributed by atoms with Gasteiger partial charge in [0.1, 0.15) is 0 Å². The van der Waals surface area contributed by atoms with E-state index in [2.05, 4.69) is 54.5 Å². The zero-order chi connectivity index (χ0) is 12.5. The molecule has 1 aliphatic rings. The SMILES string of the molecule is CC1(C)CC(=O)C(=Ic2ccccc2)C(=[As])C1. The molecule has 0 heterocycles. The van der Waals surface area contributed by atoms with Crippen LogP contribution in [0.2, 0.25) is 0 Å². The molecular formula is C14H15AsIO. The summed E-state index contributed by atoms with van der Waals surface area (Å²) in [6.45, 7) is 4.35. The molecule has 1 radical (unpaired) electrons. The van der Waals surface area contributed by atoms with Crippen LogP contribution in [0.5, 0.6) is 0 Å². The van der Waals surface area contributed by atoms with Gasteiger partial charge in [0.15, 0.2) is 0 Å². The standard InChI is InChI=1S/C14H15AsIO/c1-14(2)8-11(15)13(12(17)9-14)16-10-6-4-3-5-7-10/h3-7H,8-9H2,1-2H3. The third kappa shape index (κ3) is 3.45. The van der Waals surface area contributed by atoms with Crippen LogP contribution in [0.15, 0.2) is 30.3 Å². The van der Waals surface area contributed by atoms with Crippen molar-refractivity contribution in [2.24, 2.45) is 5.41 Å². The molecule has 0 aromatic heterocycles. The van der Waals surface area contributed by atoms with E-state index in [4.69, 9.17) is 0 Å². The first-order valence-corrected chi connectivity index (χ1v) is 8.73. The number of ketones is 1. The topological polar surface area (TPSA) is 17.1 Å². The molecule has 89 valence electrons. The molecule has 0 atom stereocenters. The first kappa shape index (κ1) is 13.4. The third-order valence-corrected chi connectivity index (χ3v) is 7.58. The maximum atomic E-state index is 12.2. The van der Waals surface area contributed by atoms with E-state index in [0.717, 1.165) is 9.93 Å². The second-order valence-electron chi connectivity index (χ2n) is 5.09. The van der Waals surface area contributed by atoms with Crippen molar-refractivity contribution in [3.05, 3.63) is 33.9 Å². The molecule has 1 aromatic rings. The molecule has 1 nitrogen and oxygen atoms in total. The Bertz CT molecular complexity index is 466. The van der Waals surface area contributed by atoms with Gasteiger partial charge in [-0.05, 0) is 0 Å². The Morgan fingerprint density at radius 1 is 1.18 bits per heavy atom. The van der Waals surface area contributed by atoms with Crippen LogP contribution in [-0.2, 0) is 4.79 Å². The van der Waals surface area contributed by atoms with Crippen LogP contribution in [0.4, 0.5) is 0 Å². The summed E-state index contributed by atoms with van der Waals surface area (Å²) in [5, 5.41) is 0. The fraction of sp³-hybridized carbons (Fsp3) is 0.357. The van der Waals surface area contributed by atoms with Gasteiger partial charge in [0.2, 0.25) is 0 Å². The Morgan fingerprint density at radius 3 is 2.41 bits per heavy atom. The first-order chi connectivity index (χ1) is 7.98. The van der Waals surface area contributed by atoms with Crippen LogP contribution in [0, 0.1) is 8.99 Å². The number of halogens is 1. The second kappa shape index (κ2) is 5.27. The molecular weight excluding hydrogens is 386 g/mol. The summed E-state index contributed by atoms with van der Waals surface area (Å²) in [5.74, 6) is 0.369. The minimum absolute atomic E-state index is 0.142. The number of Topliss-reactive ketones (excluding diaryl/α,β-unsaturated/α-hetero) is 1. The van der Waals surface area contributed by atoms with Crippen LogP contribution in [0.3, 0.4) is 0 Å². The summed E-state index contributed by atoms with van der Waals surface area (Å²) in [4.78, 5) is 12.2. The number of benzene rings is 1. The van der Waals surface area contributed by atoms with Crippen LogP contribution in [-0.4, -0.2) is 30.0 Å². The van der Waals surface area contributed by atoms with Gasteiger partial charge >= 0.3 is 122 Å². The van der Waals surface area contributed by atoms with Gasteiger partial charge in [-0.2, -0.15) is 0 Å². The summed E-state index contributed by atoms with van der Waals surface area (Å²) >= 11 is 2.33. The van der Waals surface area contributed by atoms with E-state index in [-0.39, 0.29) is 26.1 Å². The molecule has 1 saturated carbocycles. The Kier molecular flexibility index (Phi) is 4.14. The molecule has 0 N–H and O–H groups in total. The van der Waals surface area contributed by atoms with E-state index < -0.39 is 0 Å². The van der Waals surface area contributed by atoms with E-state index in [9.17, 15) is 4.79 Å². The number of hydrogen-bond acceptors (Lipinski definition) is 1. The van der Waals surface area contributed by atoms with Gasteiger partial charge in [-0.15, -0.1) is 0 Å². The van der Waals surface area contributed by atoms with E-state index in [1.807, 2.05) is 6.07 Å². The van der Waals surface area contributed by atoms with E-state index >= 15 is 0 Å². The summed E-state index contributed by atoms with van der Waals surface area (Å²) in [5.41, 5.74) is 0.142. The molecule has 17 heavy (non-hydrogen) atoms. The molecule has 0 saturated heterocycles. The summed E-state index contributed by atoms with van der Waals surface area (Å²) in [7, 11) is 0.